The monoisotopic (exact) mass is 270 g/mol. The van der Waals surface area contributed by atoms with Crippen LogP contribution >= 0.6 is 23.2 Å². The summed E-state index contributed by atoms with van der Waals surface area (Å²) in [6.45, 7) is 1.66. The van der Waals surface area contributed by atoms with Crippen LogP contribution in [0.4, 0.5) is 5.69 Å². The number of carbonyl (C=O) groups excluding carboxylic acids is 1. The zero-order valence-electron chi connectivity index (χ0n) is 8.83. The van der Waals surface area contributed by atoms with Gasteiger partial charge in [0.15, 0.2) is 0 Å². The molecule has 1 N–H and O–H groups in total. The van der Waals surface area contributed by atoms with Crippen LogP contribution in [-0.4, -0.2) is 11.1 Å². The number of aryl methyl sites for hydroxylation is 1. The molecule has 6 heteroatoms. The van der Waals surface area contributed by atoms with Crippen LogP contribution in [-0.2, 0) is 0 Å². The molecular weight excluding hydrogens is 263 g/mol. The Hall–Kier alpha value is -1.52. The van der Waals surface area contributed by atoms with E-state index in [1.54, 1.807) is 25.1 Å². The van der Waals surface area contributed by atoms with Crippen molar-refractivity contribution in [1.29, 1.82) is 0 Å². The van der Waals surface area contributed by atoms with E-state index in [0.29, 0.717) is 27.1 Å². The minimum Gasteiger partial charge on any atom is -0.361 e. The Morgan fingerprint density at radius 1 is 1.35 bits per heavy atom. The number of hydrogen-bond acceptors (Lipinski definition) is 3. The molecule has 2 aromatic rings. The third-order valence-corrected chi connectivity index (χ3v) is 2.91. The van der Waals surface area contributed by atoms with Crippen LogP contribution in [0.15, 0.2) is 28.9 Å². The minimum absolute atomic E-state index is 0.304. The third kappa shape index (κ3) is 2.60. The Bertz CT molecular complexity index is 566. The van der Waals surface area contributed by atoms with Crippen molar-refractivity contribution in [3.05, 3.63) is 45.8 Å². The Balaban J connectivity index is 2.19. The summed E-state index contributed by atoms with van der Waals surface area (Å²) in [5.41, 5.74) is 0.945. The van der Waals surface area contributed by atoms with Crippen molar-refractivity contribution in [2.75, 3.05) is 5.32 Å². The number of amides is 1. The van der Waals surface area contributed by atoms with Gasteiger partial charge in [-0.3, -0.25) is 4.79 Å². The van der Waals surface area contributed by atoms with Crippen molar-refractivity contribution in [2.24, 2.45) is 0 Å². The van der Waals surface area contributed by atoms with Crippen molar-refractivity contribution < 1.29 is 9.32 Å². The average molecular weight is 271 g/mol. The molecule has 0 spiro atoms. The molecule has 88 valence electrons. The maximum absolute atomic E-state index is 11.8. The van der Waals surface area contributed by atoms with Gasteiger partial charge in [-0.2, -0.15) is 0 Å². The van der Waals surface area contributed by atoms with Crippen molar-refractivity contribution >= 4 is 34.8 Å². The second-order valence-corrected chi connectivity index (χ2v) is 4.19. The molecule has 0 aliphatic carbocycles. The lowest BCUT2D eigenvalue weighted by Gasteiger charge is -2.04. The molecule has 0 aliphatic heterocycles. The first-order chi connectivity index (χ1) is 8.08. The normalized spacial score (nSPS) is 10.3. The number of nitrogens with one attached hydrogen (secondary N) is 1. The molecule has 0 unspecified atom stereocenters. The quantitative estimate of drug-likeness (QED) is 0.908. The maximum Gasteiger partial charge on any atom is 0.260 e. The molecule has 0 saturated carbocycles. The highest BCUT2D eigenvalue weighted by Crippen LogP contribution is 2.25. The number of benzene rings is 1. The molecule has 0 saturated heterocycles. The predicted octanol–water partition coefficient (Wildman–Crippen LogP) is 3.54. The zero-order chi connectivity index (χ0) is 12.4. The standard InChI is InChI=1S/C11H8Cl2N2O2/c1-6-8(5-14-17-6)11(16)15-7-2-3-9(12)10(13)4-7/h2-5H,1H3,(H,15,16). The summed E-state index contributed by atoms with van der Waals surface area (Å²) in [6, 6.07) is 4.85. The van der Waals surface area contributed by atoms with Crippen LogP contribution in [0.2, 0.25) is 10.0 Å². The molecule has 1 aromatic heterocycles. The van der Waals surface area contributed by atoms with E-state index in [1.807, 2.05) is 0 Å². The van der Waals surface area contributed by atoms with Gasteiger partial charge in [0.05, 0.1) is 16.2 Å². The molecule has 0 atom stereocenters. The molecule has 1 heterocycles. The maximum atomic E-state index is 11.8. The fourth-order valence-corrected chi connectivity index (χ4v) is 1.59. The van der Waals surface area contributed by atoms with E-state index in [1.165, 1.54) is 6.20 Å². The van der Waals surface area contributed by atoms with Crippen molar-refractivity contribution in [2.45, 2.75) is 6.92 Å². The summed E-state index contributed by atoms with van der Waals surface area (Å²) in [4.78, 5) is 11.8. The predicted molar refractivity (Wildman–Crippen MR) is 65.7 cm³/mol. The lowest BCUT2D eigenvalue weighted by molar-refractivity contribution is 0.102. The van der Waals surface area contributed by atoms with E-state index < -0.39 is 0 Å². The highest BCUT2D eigenvalue weighted by Gasteiger charge is 2.13. The van der Waals surface area contributed by atoms with E-state index in [4.69, 9.17) is 27.7 Å². The first-order valence-electron chi connectivity index (χ1n) is 4.75. The Morgan fingerprint density at radius 3 is 2.71 bits per heavy atom. The van der Waals surface area contributed by atoms with Crippen molar-refractivity contribution in [3.8, 4) is 0 Å². The highest BCUT2D eigenvalue weighted by molar-refractivity contribution is 6.42. The average Bonchev–Trinajstić information content (AvgIpc) is 2.70. The zero-order valence-corrected chi connectivity index (χ0v) is 10.3. The van der Waals surface area contributed by atoms with Gasteiger partial charge in [0.25, 0.3) is 5.91 Å². The number of anilines is 1. The molecule has 4 nitrogen and oxygen atoms in total. The van der Waals surface area contributed by atoms with Gasteiger partial charge in [-0.1, -0.05) is 28.4 Å². The second kappa shape index (κ2) is 4.77. The van der Waals surface area contributed by atoms with Crippen LogP contribution in [0, 0.1) is 6.92 Å². The van der Waals surface area contributed by atoms with Gasteiger partial charge in [0.2, 0.25) is 0 Å². The number of carbonyl (C=O) groups is 1. The Morgan fingerprint density at radius 2 is 2.12 bits per heavy atom. The van der Waals surface area contributed by atoms with Crippen LogP contribution in [0.5, 0.6) is 0 Å². The van der Waals surface area contributed by atoms with Crippen LogP contribution in [0.25, 0.3) is 0 Å². The van der Waals surface area contributed by atoms with Gasteiger partial charge in [-0.05, 0) is 25.1 Å². The molecule has 17 heavy (non-hydrogen) atoms. The van der Waals surface area contributed by atoms with Gasteiger partial charge in [-0.25, -0.2) is 0 Å². The first-order valence-corrected chi connectivity index (χ1v) is 5.51. The lowest BCUT2D eigenvalue weighted by atomic mass is 10.2. The van der Waals surface area contributed by atoms with E-state index in [2.05, 4.69) is 10.5 Å². The van der Waals surface area contributed by atoms with Crippen LogP contribution in [0.3, 0.4) is 0 Å². The topological polar surface area (TPSA) is 55.1 Å². The van der Waals surface area contributed by atoms with E-state index in [-0.39, 0.29) is 5.91 Å². The number of hydrogen-bond donors (Lipinski definition) is 1. The van der Waals surface area contributed by atoms with Gasteiger partial charge in [0, 0.05) is 5.69 Å². The summed E-state index contributed by atoms with van der Waals surface area (Å²) in [5.74, 6) is 0.157. The fraction of sp³-hybridized carbons (Fsp3) is 0.0909. The summed E-state index contributed by atoms with van der Waals surface area (Å²) >= 11 is 11.6. The third-order valence-electron chi connectivity index (χ3n) is 2.17. The molecule has 0 fully saturated rings. The molecular formula is C11H8Cl2N2O2. The molecule has 1 aromatic carbocycles. The molecule has 1 amide bonds. The van der Waals surface area contributed by atoms with Crippen molar-refractivity contribution in [1.82, 2.24) is 5.16 Å². The summed E-state index contributed by atoms with van der Waals surface area (Å²) in [7, 11) is 0. The van der Waals surface area contributed by atoms with Gasteiger partial charge in [0.1, 0.15) is 11.3 Å². The minimum atomic E-state index is -0.304. The lowest BCUT2D eigenvalue weighted by Crippen LogP contribution is -2.12. The molecule has 0 bridgehead atoms. The van der Waals surface area contributed by atoms with Crippen LogP contribution < -0.4 is 5.32 Å². The smallest absolute Gasteiger partial charge is 0.260 e. The van der Waals surface area contributed by atoms with Gasteiger partial charge in [-0.15, -0.1) is 0 Å². The van der Waals surface area contributed by atoms with E-state index in [0.717, 1.165) is 0 Å². The van der Waals surface area contributed by atoms with E-state index >= 15 is 0 Å². The largest absolute Gasteiger partial charge is 0.361 e. The van der Waals surface area contributed by atoms with Gasteiger partial charge >= 0.3 is 0 Å². The molecule has 0 radical (unpaired) electrons. The molecule has 2 rings (SSSR count). The summed E-state index contributed by atoms with van der Waals surface area (Å²) < 4.78 is 4.81. The van der Waals surface area contributed by atoms with Crippen LogP contribution in [0.1, 0.15) is 16.1 Å². The van der Waals surface area contributed by atoms with Gasteiger partial charge < -0.3 is 9.84 Å². The number of rotatable bonds is 2. The number of nitrogens with zero attached hydrogens (tertiary/aromatic N) is 1. The number of aromatic nitrogens is 1. The first kappa shape index (κ1) is 12.0. The van der Waals surface area contributed by atoms with E-state index in [9.17, 15) is 4.79 Å². The SMILES string of the molecule is Cc1oncc1C(=O)Nc1ccc(Cl)c(Cl)c1. The summed E-state index contributed by atoms with van der Waals surface area (Å²) in [5, 5.41) is 7.02. The Labute approximate surface area is 108 Å². The highest BCUT2D eigenvalue weighted by atomic mass is 35.5. The second-order valence-electron chi connectivity index (χ2n) is 3.38. The number of halogens is 2. The molecule has 0 aliphatic rings. The summed E-state index contributed by atoms with van der Waals surface area (Å²) in [6.07, 6.45) is 1.36. The Kier molecular flexibility index (Phi) is 3.36. The fourth-order valence-electron chi connectivity index (χ4n) is 1.29. The van der Waals surface area contributed by atoms with Crippen molar-refractivity contribution in [3.63, 3.8) is 0 Å².